The summed E-state index contributed by atoms with van der Waals surface area (Å²) in [5, 5.41) is 33.3. The number of hydrogen-bond donors (Lipinski definition) is 3. The van der Waals surface area contributed by atoms with Gasteiger partial charge in [-0.05, 0) is 31.1 Å². The maximum absolute atomic E-state index is 12.5. The first-order valence-electron chi connectivity index (χ1n) is 17.5. The third-order valence-corrected chi connectivity index (χ3v) is 8.36. The van der Waals surface area contributed by atoms with Gasteiger partial charge in [0.05, 0.1) is 18.8 Å². The molecule has 44 heavy (non-hydrogen) atoms. The minimum Gasteiger partial charge on any atom is -0.860 e. The standard InChI is InChI=1S/C34H67NO7S.Na/c1-4-5-6-7-8-9-10-11-12-15-18-21-24-27-32(36)31(29-42-43(39,40)41)35-34(38)33(37)28-25-22-19-16-13-14-17-20-23-26-30(2)3;/h24,27,30-33,36-37H,4-23,25-26,28-29H2,1-3H3,(H,35,38)(H,39,40,41);/q;+1/p-1/b27-24+;/t31-,32+,33+;/m0./s1. The van der Waals surface area contributed by atoms with Crippen LogP contribution in [-0.2, 0) is 14.6 Å². The van der Waals surface area contributed by atoms with Crippen LogP contribution in [0.4, 0.5) is 0 Å². The summed E-state index contributed by atoms with van der Waals surface area (Å²) in [6.45, 7) is 6.06. The Morgan fingerprint density at radius 1 is 0.750 bits per heavy atom. The van der Waals surface area contributed by atoms with Crippen molar-refractivity contribution in [3.63, 3.8) is 0 Å². The van der Waals surface area contributed by atoms with Crippen LogP contribution in [0.15, 0.2) is 17.1 Å². The fourth-order valence-electron chi connectivity index (χ4n) is 5.16. The van der Waals surface area contributed by atoms with Crippen molar-refractivity contribution in [3.8, 4) is 0 Å². The van der Waals surface area contributed by atoms with E-state index < -0.39 is 41.2 Å². The van der Waals surface area contributed by atoms with E-state index in [4.69, 9.17) is 4.55 Å². The van der Waals surface area contributed by atoms with E-state index in [0.29, 0.717) is 6.42 Å². The fourth-order valence-corrected chi connectivity index (χ4v) is 5.47. The second-order valence-electron chi connectivity index (χ2n) is 12.7. The molecule has 0 saturated heterocycles. The number of nitrogens with zero attached hydrogens (tertiary/aromatic N) is 1. The second kappa shape index (κ2) is 31.6. The number of rotatable bonds is 31. The van der Waals surface area contributed by atoms with Crippen LogP contribution in [0.2, 0.25) is 0 Å². The minimum atomic E-state index is -4.76. The molecule has 0 spiro atoms. The Balaban J connectivity index is 0. The number of unbranched alkanes of at least 4 members (excludes halogenated alkanes) is 19. The van der Waals surface area contributed by atoms with Crippen LogP contribution in [0.25, 0.3) is 0 Å². The normalized spacial score (nSPS) is 14.7. The van der Waals surface area contributed by atoms with Gasteiger partial charge in [0.2, 0.25) is 0 Å². The molecule has 0 radical (unpaired) electrons. The summed E-state index contributed by atoms with van der Waals surface area (Å²) in [6, 6.07) is -1.25. The van der Waals surface area contributed by atoms with Gasteiger partial charge in [0.25, 0.3) is 0 Å². The average molecular weight is 656 g/mol. The van der Waals surface area contributed by atoms with Crippen LogP contribution in [0.5, 0.6) is 0 Å². The van der Waals surface area contributed by atoms with Crippen molar-refractivity contribution >= 4 is 16.3 Å². The topological polar surface area (TPSA) is 139 Å². The van der Waals surface area contributed by atoms with Gasteiger partial charge in [-0.2, -0.15) is 8.42 Å². The van der Waals surface area contributed by atoms with Crippen molar-refractivity contribution in [2.45, 2.75) is 187 Å². The van der Waals surface area contributed by atoms with Crippen LogP contribution in [0, 0.1) is 5.92 Å². The Morgan fingerprint density at radius 3 is 1.64 bits per heavy atom. The average Bonchev–Trinajstić information content (AvgIpc) is 2.95. The first-order valence-corrected chi connectivity index (χ1v) is 18.8. The van der Waals surface area contributed by atoms with E-state index in [1.165, 1.54) is 102 Å². The van der Waals surface area contributed by atoms with Gasteiger partial charge in [0, 0.05) is 0 Å². The molecule has 0 amide bonds. The van der Waals surface area contributed by atoms with Crippen LogP contribution < -0.4 is 34.7 Å². The van der Waals surface area contributed by atoms with Crippen LogP contribution in [0.1, 0.15) is 168 Å². The second-order valence-corrected chi connectivity index (χ2v) is 13.8. The molecule has 0 aliphatic carbocycles. The van der Waals surface area contributed by atoms with Crippen molar-refractivity contribution in [1.82, 2.24) is 0 Å². The summed E-state index contributed by atoms with van der Waals surface area (Å²) in [5.74, 6) is -0.0371. The molecule has 0 bridgehead atoms. The molecule has 10 heteroatoms. The summed E-state index contributed by atoms with van der Waals surface area (Å²) in [5.41, 5.74) is 0. The molecular formula is C34H66NNaO7S. The van der Waals surface area contributed by atoms with Gasteiger partial charge in [-0.1, -0.05) is 161 Å². The molecule has 0 saturated carbocycles. The number of aliphatic hydroxyl groups excluding tert-OH is 2. The van der Waals surface area contributed by atoms with E-state index in [1.54, 1.807) is 6.08 Å². The van der Waals surface area contributed by atoms with E-state index in [0.717, 1.165) is 44.4 Å². The van der Waals surface area contributed by atoms with Crippen molar-refractivity contribution in [3.05, 3.63) is 12.2 Å². The molecule has 8 nitrogen and oxygen atoms in total. The van der Waals surface area contributed by atoms with Gasteiger partial charge >= 0.3 is 40.0 Å². The molecule has 0 aromatic heterocycles. The first kappa shape index (κ1) is 46.1. The summed E-state index contributed by atoms with van der Waals surface area (Å²) >= 11 is 0. The molecule has 0 aromatic carbocycles. The maximum Gasteiger partial charge on any atom is 1.00 e. The van der Waals surface area contributed by atoms with Gasteiger partial charge in [-0.25, -0.2) is 4.18 Å². The van der Waals surface area contributed by atoms with E-state index in [9.17, 15) is 23.7 Å². The predicted octanol–water partition coefficient (Wildman–Crippen LogP) is 4.86. The van der Waals surface area contributed by atoms with Gasteiger partial charge < -0.3 is 15.3 Å². The SMILES string of the molecule is CCCCCCCCCCCCC/C=C/[C@@H](O)[C@H](COS(=O)(=O)O)N=C([O-])[C@H](O)CCCCCCCCCCCC(C)C.[Na+]. The van der Waals surface area contributed by atoms with E-state index in [2.05, 4.69) is 29.9 Å². The number of allylic oxidation sites excluding steroid dienone is 1. The Kier molecular flexibility index (Phi) is 33.1. The van der Waals surface area contributed by atoms with Crippen molar-refractivity contribution in [2.75, 3.05) is 6.61 Å². The summed E-state index contributed by atoms with van der Waals surface area (Å²) in [6.07, 6.45) is 26.8. The van der Waals surface area contributed by atoms with Crippen LogP contribution in [0.3, 0.4) is 0 Å². The smallest absolute Gasteiger partial charge is 0.860 e. The molecule has 256 valence electrons. The van der Waals surface area contributed by atoms with E-state index in [1.807, 2.05) is 0 Å². The van der Waals surface area contributed by atoms with E-state index in [-0.39, 0.29) is 36.0 Å². The van der Waals surface area contributed by atoms with E-state index >= 15 is 0 Å². The largest absolute Gasteiger partial charge is 1.00 e. The Hall–Kier alpha value is 0. The molecule has 0 aliphatic heterocycles. The fraction of sp³-hybridized carbons (Fsp3) is 0.912. The zero-order valence-corrected chi connectivity index (χ0v) is 31.6. The Labute approximate surface area is 293 Å². The van der Waals surface area contributed by atoms with Crippen LogP contribution >= 0.6 is 0 Å². The molecule has 3 atom stereocenters. The van der Waals surface area contributed by atoms with Crippen LogP contribution in [-0.4, -0.2) is 53.9 Å². The molecule has 0 fully saturated rings. The van der Waals surface area contributed by atoms with Gasteiger partial charge in [-0.15, -0.1) is 0 Å². The molecule has 0 unspecified atom stereocenters. The maximum atomic E-state index is 12.5. The molecule has 3 N–H and O–H groups in total. The minimum absolute atomic E-state index is 0. The van der Waals surface area contributed by atoms with Crippen molar-refractivity contribution in [1.29, 1.82) is 0 Å². The first-order chi connectivity index (χ1) is 20.6. The molecule has 0 aromatic rings. The third kappa shape index (κ3) is 32.0. The Bertz CT molecular complexity index is 792. The predicted molar refractivity (Wildman–Crippen MR) is 177 cm³/mol. The summed E-state index contributed by atoms with van der Waals surface area (Å²) in [7, 11) is -4.76. The monoisotopic (exact) mass is 655 g/mol. The quantitative estimate of drug-likeness (QED) is 0.0242. The Morgan fingerprint density at radius 2 is 1.18 bits per heavy atom. The summed E-state index contributed by atoms with van der Waals surface area (Å²) in [4.78, 5) is 3.84. The molecule has 0 aliphatic rings. The molecular weight excluding hydrogens is 589 g/mol. The molecule has 0 heterocycles. The number of aliphatic hydroxyl groups is 2. The number of hydrogen-bond acceptors (Lipinski definition) is 7. The zero-order chi connectivity index (χ0) is 32.2. The van der Waals surface area contributed by atoms with Gasteiger partial charge in [0.15, 0.2) is 0 Å². The van der Waals surface area contributed by atoms with Gasteiger partial charge in [0.1, 0.15) is 6.04 Å². The van der Waals surface area contributed by atoms with Crippen molar-refractivity contribution in [2.24, 2.45) is 10.9 Å². The summed E-state index contributed by atoms with van der Waals surface area (Å²) < 4.78 is 35.5. The van der Waals surface area contributed by atoms with Gasteiger partial charge in [-0.3, -0.25) is 9.55 Å². The zero-order valence-electron chi connectivity index (χ0n) is 28.8. The molecule has 0 rings (SSSR count). The third-order valence-electron chi connectivity index (χ3n) is 7.93. The number of aliphatic imine (C=N–C) groups is 1. The van der Waals surface area contributed by atoms with Crippen molar-refractivity contribution < 1.29 is 62.0 Å².